The predicted molar refractivity (Wildman–Crippen MR) is 71.6 cm³/mol. The summed E-state index contributed by atoms with van der Waals surface area (Å²) in [5, 5.41) is 0. The summed E-state index contributed by atoms with van der Waals surface area (Å²) in [4.78, 5) is 12.4. The Morgan fingerprint density at radius 3 is 2.65 bits per heavy atom. The molecule has 0 saturated heterocycles. The van der Waals surface area contributed by atoms with E-state index in [0.717, 1.165) is 10.0 Å². The molecule has 1 aromatic rings. The normalized spacial score (nSPS) is 16.7. The number of carbonyl (C=O) groups excluding carboxylic acids is 1. The Kier molecular flexibility index (Phi) is 3.57. The van der Waals surface area contributed by atoms with E-state index in [0.29, 0.717) is 17.2 Å². The van der Waals surface area contributed by atoms with Crippen LogP contribution in [0.15, 0.2) is 16.6 Å². The van der Waals surface area contributed by atoms with Crippen LogP contribution in [-0.4, -0.2) is 12.9 Å². The molecule has 1 aliphatic carbocycles. The topological polar surface area (TPSA) is 26.3 Å². The van der Waals surface area contributed by atoms with Crippen LogP contribution in [-0.2, 0) is 0 Å². The lowest BCUT2D eigenvalue weighted by Gasteiger charge is -2.14. The van der Waals surface area contributed by atoms with Crippen LogP contribution in [0.25, 0.3) is 0 Å². The van der Waals surface area contributed by atoms with Gasteiger partial charge in [-0.05, 0) is 43.4 Å². The Morgan fingerprint density at radius 2 is 2.12 bits per heavy atom. The van der Waals surface area contributed by atoms with Gasteiger partial charge < -0.3 is 4.74 Å². The van der Waals surface area contributed by atoms with Gasteiger partial charge in [0.1, 0.15) is 5.75 Å². The van der Waals surface area contributed by atoms with Crippen molar-refractivity contribution in [3.8, 4) is 5.75 Å². The molecule has 0 radical (unpaired) electrons. The van der Waals surface area contributed by atoms with Gasteiger partial charge in [0, 0.05) is 10.4 Å². The van der Waals surface area contributed by atoms with Crippen LogP contribution in [0.3, 0.4) is 0 Å². The summed E-state index contributed by atoms with van der Waals surface area (Å²) in [6.07, 6.45) is 2.37. The van der Waals surface area contributed by atoms with Crippen molar-refractivity contribution in [2.45, 2.75) is 26.7 Å². The molecule has 1 atom stereocenters. The van der Waals surface area contributed by atoms with E-state index in [4.69, 9.17) is 4.74 Å². The van der Waals surface area contributed by atoms with Gasteiger partial charge in [0.2, 0.25) is 0 Å². The van der Waals surface area contributed by atoms with Crippen molar-refractivity contribution in [3.63, 3.8) is 0 Å². The van der Waals surface area contributed by atoms with E-state index in [1.807, 2.05) is 26.0 Å². The van der Waals surface area contributed by atoms with Gasteiger partial charge in [-0.1, -0.05) is 22.9 Å². The Balaban J connectivity index is 2.35. The third-order valence-corrected chi connectivity index (χ3v) is 4.34. The fourth-order valence-corrected chi connectivity index (χ4v) is 2.42. The second kappa shape index (κ2) is 4.81. The van der Waals surface area contributed by atoms with Gasteiger partial charge in [-0.15, -0.1) is 0 Å². The molecule has 1 unspecified atom stereocenters. The summed E-state index contributed by atoms with van der Waals surface area (Å²) in [7, 11) is 1.61. The summed E-state index contributed by atoms with van der Waals surface area (Å²) in [5.41, 5.74) is 1.78. The molecule has 0 heterocycles. The minimum absolute atomic E-state index is 0.110. The highest BCUT2D eigenvalue weighted by Crippen LogP contribution is 2.39. The predicted octanol–water partition coefficient (Wildman–Crippen LogP) is 3.99. The van der Waals surface area contributed by atoms with E-state index in [1.165, 1.54) is 12.8 Å². The molecule has 1 aliphatic rings. The molecule has 3 heteroatoms. The standard InChI is InChI=1S/C14H17BrO2/c1-8-6-13(17-3)11(7-12(8)15)14(16)9(2)10-4-5-10/h6-7,9-10H,4-5H2,1-3H3. The molecule has 0 aromatic heterocycles. The zero-order valence-electron chi connectivity index (χ0n) is 10.4. The zero-order chi connectivity index (χ0) is 12.6. The van der Waals surface area contributed by atoms with Crippen molar-refractivity contribution >= 4 is 21.7 Å². The number of rotatable bonds is 4. The number of halogens is 1. The first kappa shape index (κ1) is 12.6. The molecule has 0 bridgehead atoms. The SMILES string of the molecule is COc1cc(C)c(Br)cc1C(=O)C(C)C1CC1. The van der Waals surface area contributed by atoms with Crippen molar-refractivity contribution in [1.29, 1.82) is 0 Å². The van der Waals surface area contributed by atoms with E-state index in [9.17, 15) is 4.79 Å². The van der Waals surface area contributed by atoms with Crippen LogP contribution in [0, 0.1) is 18.8 Å². The Labute approximate surface area is 110 Å². The van der Waals surface area contributed by atoms with Gasteiger partial charge in [0.05, 0.1) is 12.7 Å². The highest BCUT2D eigenvalue weighted by atomic mass is 79.9. The van der Waals surface area contributed by atoms with Gasteiger partial charge in [0.15, 0.2) is 5.78 Å². The van der Waals surface area contributed by atoms with Crippen molar-refractivity contribution in [1.82, 2.24) is 0 Å². The monoisotopic (exact) mass is 296 g/mol. The lowest BCUT2D eigenvalue weighted by atomic mass is 9.94. The Bertz CT molecular complexity index is 450. The van der Waals surface area contributed by atoms with E-state index in [2.05, 4.69) is 15.9 Å². The minimum Gasteiger partial charge on any atom is -0.496 e. The van der Waals surface area contributed by atoms with Crippen molar-refractivity contribution in [2.75, 3.05) is 7.11 Å². The van der Waals surface area contributed by atoms with Crippen molar-refractivity contribution in [3.05, 3.63) is 27.7 Å². The minimum atomic E-state index is 0.110. The van der Waals surface area contributed by atoms with Crippen molar-refractivity contribution < 1.29 is 9.53 Å². The van der Waals surface area contributed by atoms with Crippen LogP contribution < -0.4 is 4.74 Å². The van der Waals surface area contributed by atoms with Gasteiger partial charge >= 0.3 is 0 Å². The largest absolute Gasteiger partial charge is 0.496 e. The number of benzene rings is 1. The average Bonchev–Trinajstić information content (AvgIpc) is 3.14. The molecular weight excluding hydrogens is 280 g/mol. The number of carbonyl (C=O) groups is 1. The fourth-order valence-electron chi connectivity index (χ4n) is 2.07. The maximum Gasteiger partial charge on any atom is 0.169 e. The van der Waals surface area contributed by atoms with Crippen LogP contribution >= 0.6 is 15.9 Å². The summed E-state index contributed by atoms with van der Waals surface area (Å²) >= 11 is 3.47. The maximum absolute atomic E-state index is 12.4. The van der Waals surface area contributed by atoms with Gasteiger partial charge in [-0.25, -0.2) is 0 Å². The molecule has 17 heavy (non-hydrogen) atoms. The quantitative estimate of drug-likeness (QED) is 0.785. The van der Waals surface area contributed by atoms with E-state index in [-0.39, 0.29) is 11.7 Å². The van der Waals surface area contributed by atoms with E-state index in [1.54, 1.807) is 7.11 Å². The molecule has 0 N–H and O–H groups in total. The molecule has 0 spiro atoms. The highest BCUT2D eigenvalue weighted by Gasteiger charge is 2.34. The molecule has 1 saturated carbocycles. The lowest BCUT2D eigenvalue weighted by molar-refractivity contribution is 0.0913. The molecule has 0 aliphatic heterocycles. The van der Waals surface area contributed by atoms with Crippen LogP contribution in [0.5, 0.6) is 5.75 Å². The summed E-state index contributed by atoms with van der Waals surface area (Å²) in [6.45, 7) is 4.01. The number of methoxy groups -OCH3 is 1. The lowest BCUT2D eigenvalue weighted by Crippen LogP contribution is -2.14. The number of ketones is 1. The van der Waals surface area contributed by atoms with Crippen LogP contribution in [0.1, 0.15) is 35.7 Å². The Morgan fingerprint density at radius 1 is 1.47 bits per heavy atom. The molecule has 0 amide bonds. The van der Waals surface area contributed by atoms with E-state index >= 15 is 0 Å². The zero-order valence-corrected chi connectivity index (χ0v) is 12.0. The second-order valence-electron chi connectivity index (χ2n) is 4.79. The third kappa shape index (κ3) is 2.54. The third-order valence-electron chi connectivity index (χ3n) is 3.49. The highest BCUT2D eigenvalue weighted by molar-refractivity contribution is 9.10. The van der Waals surface area contributed by atoms with Crippen molar-refractivity contribution in [2.24, 2.45) is 11.8 Å². The maximum atomic E-state index is 12.4. The Hall–Kier alpha value is -0.830. The number of ether oxygens (including phenoxy) is 1. The molecular formula is C14H17BrO2. The number of aryl methyl sites for hydroxylation is 1. The van der Waals surface area contributed by atoms with Gasteiger partial charge in [-0.2, -0.15) is 0 Å². The van der Waals surface area contributed by atoms with Gasteiger partial charge in [-0.3, -0.25) is 4.79 Å². The van der Waals surface area contributed by atoms with Gasteiger partial charge in [0.25, 0.3) is 0 Å². The fraction of sp³-hybridized carbons (Fsp3) is 0.500. The molecule has 1 fully saturated rings. The average molecular weight is 297 g/mol. The van der Waals surface area contributed by atoms with Crippen LogP contribution in [0.4, 0.5) is 0 Å². The smallest absolute Gasteiger partial charge is 0.169 e. The summed E-state index contributed by atoms with van der Waals surface area (Å²) < 4.78 is 6.27. The first-order chi connectivity index (χ1) is 8.04. The number of hydrogen-bond donors (Lipinski definition) is 0. The first-order valence-electron chi connectivity index (χ1n) is 5.93. The first-order valence-corrected chi connectivity index (χ1v) is 6.72. The molecule has 1 aromatic carbocycles. The van der Waals surface area contributed by atoms with E-state index < -0.39 is 0 Å². The second-order valence-corrected chi connectivity index (χ2v) is 5.65. The molecule has 92 valence electrons. The molecule has 2 nitrogen and oxygen atoms in total. The number of hydrogen-bond acceptors (Lipinski definition) is 2. The number of Topliss-reactive ketones (excluding diaryl/α,β-unsaturated/α-hetero) is 1. The van der Waals surface area contributed by atoms with Crippen LogP contribution in [0.2, 0.25) is 0 Å². The summed E-state index contributed by atoms with van der Waals surface area (Å²) in [5.74, 6) is 1.57. The summed E-state index contributed by atoms with van der Waals surface area (Å²) in [6, 6.07) is 3.80. The molecule has 2 rings (SSSR count).